The minimum absolute atomic E-state index is 0.282. The predicted molar refractivity (Wildman–Crippen MR) is 123 cm³/mol. The van der Waals surface area contributed by atoms with Gasteiger partial charge in [-0.05, 0) is 43.3 Å². The average Bonchev–Trinajstić information content (AvgIpc) is 3.00. The molecule has 0 bridgehead atoms. The first kappa shape index (κ1) is 20.7. The number of benzene rings is 2. The summed E-state index contributed by atoms with van der Waals surface area (Å²) < 4.78 is 12.4. The van der Waals surface area contributed by atoms with Gasteiger partial charge in [-0.25, -0.2) is 4.99 Å². The van der Waals surface area contributed by atoms with Crippen LogP contribution in [0.15, 0.2) is 61.8 Å². The highest BCUT2D eigenvalue weighted by Gasteiger charge is 2.24. The number of amides is 1. The van der Waals surface area contributed by atoms with Gasteiger partial charge in [0, 0.05) is 34.1 Å². The Bertz CT molecular complexity index is 994. The maximum absolute atomic E-state index is 13.0. The number of carbonyl (C=O) groups is 1. The van der Waals surface area contributed by atoms with Crippen molar-refractivity contribution in [3.63, 3.8) is 0 Å². The van der Waals surface area contributed by atoms with E-state index in [2.05, 4.69) is 31.2 Å². The smallest absolute Gasteiger partial charge is 0.291 e. The molecular weight excluding hydrogens is 468 g/mol. The van der Waals surface area contributed by atoms with Crippen LogP contribution in [-0.2, 0) is 4.79 Å². The minimum Gasteiger partial charge on any atom is -0.490 e. The number of aliphatic imine (C=N–C) groups is 2. The molecule has 2 aromatic carbocycles. The van der Waals surface area contributed by atoms with Gasteiger partial charge in [0.1, 0.15) is 6.67 Å². The second-order valence-corrected chi connectivity index (χ2v) is 8.55. The van der Waals surface area contributed by atoms with E-state index < -0.39 is 0 Å². The third kappa shape index (κ3) is 4.96. The van der Waals surface area contributed by atoms with Gasteiger partial charge in [-0.1, -0.05) is 27.7 Å². The quantitative estimate of drug-likeness (QED) is 0.690. The van der Waals surface area contributed by atoms with E-state index in [1.54, 1.807) is 12.1 Å². The van der Waals surface area contributed by atoms with Crippen LogP contribution < -0.4 is 14.8 Å². The fraction of sp³-hybridized carbons (Fsp3) is 0.286. The summed E-state index contributed by atoms with van der Waals surface area (Å²) in [5, 5.41) is 3.48. The number of fused-ring (bicyclic) bond motifs is 1. The summed E-state index contributed by atoms with van der Waals surface area (Å²) in [4.78, 5) is 24.9. The molecule has 0 saturated heterocycles. The van der Waals surface area contributed by atoms with Crippen LogP contribution in [-0.4, -0.2) is 48.2 Å². The zero-order chi connectivity index (χ0) is 20.9. The molecular formula is C21H21BrN4O3S. The number of anilines is 1. The molecule has 0 unspecified atom stereocenters. The molecule has 0 fully saturated rings. The van der Waals surface area contributed by atoms with Crippen LogP contribution >= 0.6 is 27.7 Å². The number of carbonyl (C=O) groups excluding carboxylic acids is 1. The zero-order valence-electron chi connectivity index (χ0n) is 16.4. The number of halogens is 1. The summed E-state index contributed by atoms with van der Waals surface area (Å²) in [7, 11) is 0. The van der Waals surface area contributed by atoms with Gasteiger partial charge in [0.2, 0.25) is 0 Å². The van der Waals surface area contributed by atoms with Gasteiger partial charge in [0.05, 0.1) is 13.2 Å². The maximum Gasteiger partial charge on any atom is 0.291 e. The number of nitrogens with zero attached hydrogens (tertiary/aromatic N) is 3. The van der Waals surface area contributed by atoms with E-state index in [4.69, 9.17) is 9.47 Å². The van der Waals surface area contributed by atoms with Crippen LogP contribution in [0, 0.1) is 0 Å². The van der Waals surface area contributed by atoms with Crippen LogP contribution in [0.1, 0.15) is 13.3 Å². The van der Waals surface area contributed by atoms with E-state index in [0.717, 1.165) is 15.8 Å². The van der Waals surface area contributed by atoms with E-state index in [9.17, 15) is 4.79 Å². The molecule has 30 heavy (non-hydrogen) atoms. The first-order valence-electron chi connectivity index (χ1n) is 9.65. The lowest BCUT2D eigenvalue weighted by atomic mass is 10.2. The lowest BCUT2D eigenvalue weighted by Gasteiger charge is -2.25. The number of hydrogen-bond donors (Lipinski definition) is 1. The molecule has 2 heterocycles. The maximum atomic E-state index is 13.0. The molecule has 1 amide bonds. The second kappa shape index (κ2) is 9.53. The number of thioether (sulfide) groups is 1. The Morgan fingerprint density at radius 2 is 1.93 bits per heavy atom. The molecule has 0 aromatic heterocycles. The van der Waals surface area contributed by atoms with E-state index >= 15 is 0 Å². The number of hydrogen-bond acceptors (Lipinski definition) is 7. The summed E-state index contributed by atoms with van der Waals surface area (Å²) in [5.74, 6) is 1.39. The van der Waals surface area contributed by atoms with Crippen molar-refractivity contribution >= 4 is 50.3 Å². The molecule has 9 heteroatoms. The van der Waals surface area contributed by atoms with Crippen LogP contribution in [0.2, 0.25) is 0 Å². The van der Waals surface area contributed by atoms with Gasteiger partial charge in [-0.2, -0.15) is 4.99 Å². The second-order valence-electron chi connectivity index (χ2n) is 6.60. The van der Waals surface area contributed by atoms with E-state index in [0.29, 0.717) is 54.6 Å². The predicted octanol–water partition coefficient (Wildman–Crippen LogP) is 4.39. The van der Waals surface area contributed by atoms with E-state index in [-0.39, 0.29) is 5.91 Å². The Morgan fingerprint density at radius 1 is 1.17 bits per heavy atom. The average molecular weight is 489 g/mol. The van der Waals surface area contributed by atoms with E-state index in [1.807, 2.05) is 42.2 Å². The highest BCUT2D eigenvalue weighted by atomic mass is 79.9. The van der Waals surface area contributed by atoms with Gasteiger partial charge in [-0.3, -0.25) is 4.79 Å². The Hall–Kier alpha value is -2.52. The highest BCUT2D eigenvalue weighted by Crippen LogP contribution is 2.32. The lowest BCUT2D eigenvalue weighted by Crippen LogP contribution is -2.42. The van der Waals surface area contributed by atoms with Crippen molar-refractivity contribution in [2.45, 2.75) is 18.2 Å². The van der Waals surface area contributed by atoms with Crippen molar-refractivity contribution < 1.29 is 14.3 Å². The Kier molecular flexibility index (Phi) is 6.59. The molecule has 0 spiro atoms. The molecule has 2 aromatic rings. The number of rotatable bonds is 4. The minimum atomic E-state index is -0.282. The summed E-state index contributed by atoms with van der Waals surface area (Å²) >= 11 is 4.86. The first-order chi connectivity index (χ1) is 14.6. The summed E-state index contributed by atoms with van der Waals surface area (Å²) in [5.41, 5.74) is 0.632. The fourth-order valence-electron chi connectivity index (χ4n) is 2.94. The van der Waals surface area contributed by atoms with Crippen LogP contribution in [0.5, 0.6) is 11.5 Å². The summed E-state index contributed by atoms with van der Waals surface area (Å²) in [6.07, 6.45) is 0.830. The zero-order valence-corrected chi connectivity index (χ0v) is 18.8. The van der Waals surface area contributed by atoms with Crippen molar-refractivity contribution in [3.8, 4) is 11.5 Å². The SMILES string of the molecule is CCN1CN=C(Sc2ccc(Br)cc2)N=C1C(=O)Nc1ccc2c(c1)OCCCO2. The molecule has 0 saturated carbocycles. The molecule has 156 valence electrons. The Balaban J connectivity index is 1.50. The van der Waals surface area contributed by atoms with Crippen molar-refractivity contribution in [2.24, 2.45) is 9.98 Å². The van der Waals surface area contributed by atoms with Crippen LogP contribution in [0.4, 0.5) is 5.69 Å². The van der Waals surface area contributed by atoms with Gasteiger partial charge in [0.15, 0.2) is 22.5 Å². The molecule has 7 nitrogen and oxygen atoms in total. The largest absolute Gasteiger partial charge is 0.490 e. The van der Waals surface area contributed by atoms with Gasteiger partial charge < -0.3 is 19.7 Å². The Morgan fingerprint density at radius 3 is 2.70 bits per heavy atom. The molecule has 2 aliphatic rings. The normalized spacial score (nSPS) is 15.7. The molecule has 0 radical (unpaired) electrons. The topological polar surface area (TPSA) is 75.5 Å². The summed E-state index contributed by atoms with van der Waals surface area (Å²) in [6, 6.07) is 13.3. The van der Waals surface area contributed by atoms with Crippen molar-refractivity contribution in [2.75, 3.05) is 31.7 Å². The molecule has 4 rings (SSSR count). The number of amidine groups is 2. The third-order valence-corrected chi connectivity index (χ3v) is 5.93. The molecule has 2 aliphatic heterocycles. The van der Waals surface area contributed by atoms with Gasteiger partial charge >= 0.3 is 0 Å². The van der Waals surface area contributed by atoms with Gasteiger partial charge in [-0.15, -0.1) is 0 Å². The van der Waals surface area contributed by atoms with Gasteiger partial charge in [0.25, 0.3) is 5.91 Å². The number of ether oxygens (including phenoxy) is 2. The lowest BCUT2D eigenvalue weighted by molar-refractivity contribution is -0.111. The standard InChI is InChI=1S/C21H21BrN4O3S/c1-2-26-13-23-21(30-16-7-4-14(22)5-8-16)25-19(26)20(27)24-15-6-9-17-18(12-15)29-11-3-10-28-17/h4-9,12H,2-3,10-11,13H2,1H3,(H,24,27). The third-order valence-electron chi connectivity index (χ3n) is 4.49. The fourth-order valence-corrected chi connectivity index (χ4v) is 3.95. The molecule has 0 aliphatic carbocycles. The van der Waals surface area contributed by atoms with Crippen molar-refractivity contribution in [3.05, 3.63) is 46.9 Å². The Labute approximate surface area is 187 Å². The highest BCUT2D eigenvalue weighted by molar-refractivity contribution is 9.10. The number of likely N-dealkylation sites (N-methyl/N-ethyl adjacent to an activating group) is 1. The van der Waals surface area contributed by atoms with Crippen LogP contribution in [0.25, 0.3) is 0 Å². The molecule has 0 atom stereocenters. The monoisotopic (exact) mass is 488 g/mol. The number of nitrogens with one attached hydrogen (secondary N) is 1. The van der Waals surface area contributed by atoms with Crippen molar-refractivity contribution in [1.82, 2.24) is 4.90 Å². The van der Waals surface area contributed by atoms with Crippen molar-refractivity contribution in [1.29, 1.82) is 0 Å². The van der Waals surface area contributed by atoms with Crippen LogP contribution in [0.3, 0.4) is 0 Å². The summed E-state index contributed by atoms with van der Waals surface area (Å²) in [6.45, 7) is 4.21. The van der Waals surface area contributed by atoms with E-state index in [1.165, 1.54) is 11.8 Å². The molecule has 1 N–H and O–H groups in total. The first-order valence-corrected chi connectivity index (χ1v) is 11.3.